The molecule has 0 aromatic heterocycles. The fourth-order valence-corrected chi connectivity index (χ4v) is 2.07. The molecule has 0 aliphatic heterocycles. The highest BCUT2D eigenvalue weighted by Crippen LogP contribution is 2.26. The number of benzene rings is 1. The van der Waals surface area contributed by atoms with Crippen molar-refractivity contribution < 1.29 is 19.4 Å². The summed E-state index contributed by atoms with van der Waals surface area (Å²) in [7, 11) is 0. The summed E-state index contributed by atoms with van der Waals surface area (Å²) in [6, 6.07) is 7.58. The predicted octanol–water partition coefficient (Wildman–Crippen LogP) is 3.63. The molecule has 1 rings (SSSR count). The van der Waals surface area contributed by atoms with Crippen LogP contribution in [0.1, 0.15) is 57.6 Å². The minimum atomic E-state index is -0.481. The molecular weight excluding hydrogens is 268 g/mol. The zero-order valence-electron chi connectivity index (χ0n) is 13.0. The maximum atomic E-state index is 11.2. The number of ether oxygens (including phenoxy) is 2. The maximum absolute atomic E-state index is 11.2. The van der Waals surface area contributed by atoms with E-state index in [-0.39, 0.29) is 5.97 Å². The molecule has 0 radical (unpaired) electrons. The Balaban J connectivity index is 2.25. The van der Waals surface area contributed by atoms with Crippen LogP contribution in [0.2, 0.25) is 0 Å². The number of unbranched alkanes of at least 4 members (excludes halogenated alkanes) is 2. The van der Waals surface area contributed by atoms with Crippen LogP contribution in [0, 0.1) is 0 Å². The van der Waals surface area contributed by atoms with Crippen LogP contribution in [0.3, 0.4) is 0 Å². The van der Waals surface area contributed by atoms with Gasteiger partial charge in [0.2, 0.25) is 0 Å². The second kappa shape index (κ2) is 10.2. The number of carbonyl (C=O) groups excluding carboxylic acids is 1. The van der Waals surface area contributed by atoms with Gasteiger partial charge in [-0.15, -0.1) is 0 Å². The Morgan fingerprint density at radius 1 is 1.19 bits per heavy atom. The van der Waals surface area contributed by atoms with E-state index in [0.717, 1.165) is 30.6 Å². The predicted molar refractivity (Wildman–Crippen MR) is 82.3 cm³/mol. The molecule has 0 bridgehead atoms. The van der Waals surface area contributed by atoms with Crippen molar-refractivity contribution in [3.05, 3.63) is 29.8 Å². The lowest BCUT2D eigenvalue weighted by Gasteiger charge is -2.14. The number of aliphatic hydroxyl groups excluding tert-OH is 1. The third-order valence-electron chi connectivity index (χ3n) is 3.25. The first-order chi connectivity index (χ1) is 10.2. The van der Waals surface area contributed by atoms with Crippen LogP contribution in [0.5, 0.6) is 5.75 Å². The molecule has 1 atom stereocenters. The molecule has 0 spiro atoms. The molecule has 118 valence electrons. The second-order valence-corrected chi connectivity index (χ2v) is 4.93. The SMILES string of the molecule is CCOC(=O)CCCCCOc1ccccc1[C@H](O)CC. The molecule has 0 unspecified atom stereocenters. The average Bonchev–Trinajstić information content (AvgIpc) is 2.50. The van der Waals surface area contributed by atoms with Gasteiger partial charge >= 0.3 is 5.97 Å². The van der Waals surface area contributed by atoms with Gasteiger partial charge in [0.25, 0.3) is 0 Å². The van der Waals surface area contributed by atoms with Crippen molar-refractivity contribution in [2.45, 2.75) is 52.1 Å². The van der Waals surface area contributed by atoms with Crippen LogP contribution >= 0.6 is 0 Å². The standard InChI is InChI=1S/C17H26O4/c1-3-15(18)14-10-7-8-11-16(14)21-13-9-5-6-12-17(19)20-4-2/h7-8,10-11,15,18H,3-6,9,12-13H2,1-2H3/t15-/m1/s1. The molecule has 0 heterocycles. The molecule has 0 aliphatic rings. The van der Waals surface area contributed by atoms with Crippen LogP contribution in [0.4, 0.5) is 0 Å². The second-order valence-electron chi connectivity index (χ2n) is 4.93. The number of para-hydroxylation sites is 1. The van der Waals surface area contributed by atoms with Crippen molar-refractivity contribution in [2.24, 2.45) is 0 Å². The first-order valence-electron chi connectivity index (χ1n) is 7.74. The smallest absolute Gasteiger partial charge is 0.305 e. The molecule has 0 fully saturated rings. The Labute approximate surface area is 127 Å². The van der Waals surface area contributed by atoms with Gasteiger partial charge in [0.15, 0.2) is 0 Å². The molecule has 0 amide bonds. The fourth-order valence-electron chi connectivity index (χ4n) is 2.07. The van der Waals surface area contributed by atoms with E-state index in [1.807, 2.05) is 38.1 Å². The van der Waals surface area contributed by atoms with Gasteiger partial charge in [-0.3, -0.25) is 4.79 Å². The number of aliphatic hydroxyl groups is 1. The Kier molecular flexibility index (Phi) is 8.51. The third kappa shape index (κ3) is 6.63. The van der Waals surface area contributed by atoms with E-state index in [1.165, 1.54) is 0 Å². The number of hydrogen-bond acceptors (Lipinski definition) is 4. The van der Waals surface area contributed by atoms with Gasteiger partial charge in [-0.05, 0) is 38.7 Å². The first kappa shape index (κ1) is 17.5. The lowest BCUT2D eigenvalue weighted by Crippen LogP contribution is -2.05. The Hall–Kier alpha value is -1.55. The number of esters is 1. The quantitative estimate of drug-likeness (QED) is 0.529. The van der Waals surface area contributed by atoms with Gasteiger partial charge in [-0.25, -0.2) is 0 Å². The molecule has 0 saturated carbocycles. The molecule has 1 aromatic rings. The summed E-state index contributed by atoms with van der Waals surface area (Å²) in [6.45, 7) is 4.79. The van der Waals surface area contributed by atoms with Crippen LogP contribution < -0.4 is 4.74 Å². The van der Waals surface area contributed by atoms with Gasteiger partial charge in [-0.1, -0.05) is 25.1 Å². The van der Waals surface area contributed by atoms with Gasteiger partial charge in [0.05, 0.1) is 19.3 Å². The molecule has 4 heteroatoms. The van der Waals surface area contributed by atoms with Crippen molar-refractivity contribution >= 4 is 5.97 Å². The number of carbonyl (C=O) groups is 1. The summed E-state index contributed by atoms with van der Waals surface area (Å²) in [4.78, 5) is 11.2. The topological polar surface area (TPSA) is 55.8 Å². The highest BCUT2D eigenvalue weighted by molar-refractivity contribution is 5.69. The Morgan fingerprint density at radius 3 is 2.67 bits per heavy atom. The van der Waals surface area contributed by atoms with Gasteiger partial charge in [-0.2, -0.15) is 0 Å². The normalized spacial score (nSPS) is 12.0. The van der Waals surface area contributed by atoms with Crippen molar-refractivity contribution in [1.82, 2.24) is 0 Å². The third-order valence-corrected chi connectivity index (χ3v) is 3.25. The minimum Gasteiger partial charge on any atom is -0.493 e. The molecule has 0 aliphatic carbocycles. The largest absolute Gasteiger partial charge is 0.493 e. The van der Waals surface area contributed by atoms with Gasteiger partial charge in [0, 0.05) is 12.0 Å². The molecule has 21 heavy (non-hydrogen) atoms. The summed E-state index contributed by atoms with van der Waals surface area (Å²) in [6.07, 6.45) is 3.29. The molecule has 4 nitrogen and oxygen atoms in total. The zero-order valence-corrected chi connectivity index (χ0v) is 13.0. The van der Waals surface area contributed by atoms with Crippen LogP contribution in [-0.2, 0) is 9.53 Å². The van der Waals surface area contributed by atoms with E-state index >= 15 is 0 Å². The van der Waals surface area contributed by atoms with E-state index in [9.17, 15) is 9.90 Å². The maximum Gasteiger partial charge on any atom is 0.305 e. The zero-order chi connectivity index (χ0) is 15.5. The van der Waals surface area contributed by atoms with Gasteiger partial charge in [0.1, 0.15) is 5.75 Å². The van der Waals surface area contributed by atoms with Crippen LogP contribution in [0.25, 0.3) is 0 Å². The van der Waals surface area contributed by atoms with E-state index in [4.69, 9.17) is 9.47 Å². The van der Waals surface area contributed by atoms with Crippen molar-refractivity contribution in [3.63, 3.8) is 0 Å². The van der Waals surface area contributed by atoms with E-state index < -0.39 is 6.10 Å². The Bertz CT molecular complexity index is 417. The molecule has 0 saturated heterocycles. The summed E-state index contributed by atoms with van der Waals surface area (Å²) in [5.74, 6) is 0.618. The highest BCUT2D eigenvalue weighted by Gasteiger charge is 2.10. The molecule has 1 N–H and O–H groups in total. The summed E-state index contributed by atoms with van der Waals surface area (Å²) in [5, 5.41) is 9.93. The Morgan fingerprint density at radius 2 is 1.95 bits per heavy atom. The lowest BCUT2D eigenvalue weighted by molar-refractivity contribution is -0.143. The van der Waals surface area contributed by atoms with Crippen molar-refractivity contribution in [2.75, 3.05) is 13.2 Å². The van der Waals surface area contributed by atoms with E-state index in [0.29, 0.717) is 26.1 Å². The summed E-state index contributed by atoms with van der Waals surface area (Å²) < 4.78 is 10.6. The van der Waals surface area contributed by atoms with Crippen molar-refractivity contribution in [3.8, 4) is 5.75 Å². The minimum absolute atomic E-state index is 0.130. The summed E-state index contributed by atoms with van der Waals surface area (Å²) in [5.41, 5.74) is 0.839. The monoisotopic (exact) mass is 294 g/mol. The fraction of sp³-hybridized carbons (Fsp3) is 0.588. The number of hydrogen-bond donors (Lipinski definition) is 1. The summed E-state index contributed by atoms with van der Waals surface area (Å²) >= 11 is 0. The highest BCUT2D eigenvalue weighted by atomic mass is 16.5. The molecule has 1 aromatic carbocycles. The van der Waals surface area contributed by atoms with Crippen LogP contribution in [0.15, 0.2) is 24.3 Å². The lowest BCUT2D eigenvalue weighted by atomic mass is 10.1. The molecular formula is C17H26O4. The van der Waals surface area contributed by atoms with Gasteiger partial charge < -0.3 is 14.6 Å². The average molecular weight is 294 g/mol. The van der Waals surface area contributed by atoms with Crippen LogP contribution in [-0.4, -0.2) is 24.3 Å². The van der Waals surface area contributed by atoms with Crippen molar-refractivity contribution in [1.29, 1.82) is 0 Å². The van der Waals surface area contributed by atoms with E-state index in [1.54, 1.807) is 0 Å². The van der Waals surface area contributed by atoms with E-state index in [2.05, 4.69) is 0 Å². The number of rotatable bonds is 10. The first-order valence-corrected chi connectivity index (χ1v) is 7.74.